The molecule has 0 N–H and O–H groups in total. The zero-order valence-corrected chi connectivity index (χ0v) is 20.5. The molecule has 0 unspecified atom stereocenters. The first-order chi connectivity index (χ1) is 14.1. The van der Waals surface area contributed by atoms with Crippen LogP contribution in [0.5, 0.6) is 0 Å². The summed E-state index contributed by atoms with van der Waals surface area (Å²) < 4.78 is 10.8. The first-order valence-corrected chi connectivity index (χ1v) is 11.9. The van der Waals surface area contributed by atoms with Crippen LogP contribution in [0.1, 0.15) is 92.4 Å². The van der Waals surface area contributed by atoms with Gasteiger partial charge in [-0.25, -0.2) is 9.59 Å². The number of ether oxygens (including phenoxy) is 2. The summed E-state index contributed by atoms with van der Waals surface area (Å²) in [4.78, 5) is 26.2. The molecule has 0 radical (unpaired) electrons. The minimum Gasteiger partial charge on any atom is -0.446 e. The van der Waals surface area contributed by atoms with Crippen molar-refractivity contribution in [1.82, 2.24) is 9.80 Å². The van der Waals surface area contributed by atoms with E-state index in [1.807, 2.05) is 13.8 Å². The summed E-state index contributed by atoms with van der Waals surface area (Å²) in [5, 5.41) is 0. The predicted octanol–water partition coefficient (Wildman–Crippen LogP) is 6.09. The van der Waals surface area contributed by atoms with Crippen LogP contribution < -0.4 is 0 Å². The standard InChI is InChI=1S/C13H25NO2.C11H21NO2/c1-13(2,3)10-6-8-11(9-7-10)16-12(15)14(4)5;1-3-12(4-2)11(13)14-10-8-6-5-7-9-10/h10-11H,6-9H2,1-5H3;10H,3-9H2,1-2H3. The molecule has 0 heterocycles. The molecule has 6 nitrogen and oxygen atoms in total. The molecule has 6 heteroatoms. The SMILES string of the molecule is CCN(CC)C(=O)OC1CCCCC1.CN(C)C(=O)OC1CCC(C(C)(C)C)CC1. The van der Waals surface area contributed by atoms with Crippen molar-refractivity contribution >= 4 is 12.2 Å². The maximum Gasteiger partial charge on any atom is 0.410 e. The molecule has 176 valence electrons. The number of carbonyl (C=O) groups excluding carboxylic acids is 2. The highest BCUT2D eigenvalue weighted by Gasteiger charge is 2.31. The summed E-state index contributed by atoms with van der Waals surface area (Å²) in [5.41, 5.74) is 0.385. The molecule has 2 saturated carbocycles. The van der Waals surface area contributed by atoms with Crippen molar-refractivity contribution in [2.24, 2.45) is 11.3 Å². The van der Waals surface area contributed by atoms with Crippen LogP contribution in [0.25, 0.3) is 0 Å². The quantitative estimate of drug-likeness (QED) is 0.546. The van der Waals surface area contributed by atoms with Gasteiger partial charge in [0.05, 0.1) is 0 Å². The van der Waals surface area contributed by atoms with Crippen molar-refractivity contribution in [1.29, 1.82) is 0 Å². The fourth-order valence-electron chi connectivity index (χ4n) is 4.18. The van der Waals surface area contributed by atoms with Crippen LogP contribution >= 0.6 is 0 Å². The summed E-state index contributed by atoms with van der Waals surface area (Å²) in [6, 6.07) is 0. The Morgan fingerprint density at radius 2 is 1.23 bits per heavy atom. The van der Waals surface area contributed by atoms with Crippen molar-refractivity contribution < 1.29 is 19.1 Å². The van der Waals surface area contributed by atoms with E-state index in [1.54, 1.807) is 19.0 Å². The van der Waals surface area contributed by atoms with Crippen LogP contribution in [0.3, 0.4) is 0 Å². The van der Waals surface area contributed by atoms with Crippen molar-refractivity contribution in [3.05, 3.63) is 0 Å². The molecule has 30 heavy (non-hydrogen) atoms. The number of amides is 2. The number of carbonyl (C=O) groups is 2. The average molecular weight is 427 g/mol. The smallest absolute Gasteiger partial charge is 0.410 e. The molecule has 0 spiro atoms. The van der Waals surface area contributed by atoms with Gasteiger partial charge in [-0.1, -0.05) is 27.2 Å². The molecular weight excluding hydrogens is 380 g/mol. The van der Waals surface area contributed by atoms with E-state index in [-0.39, 0.29) is 24.4 Å². The van der Waals surface area contributed by atoms with Gasteiger partial charge in [0, 0.05) is 27.2 Å². The normalized spacial score (nSPS) is 22.4. The Hall–Kier alpha value is -1.46. The highest BCUT2D eigenvalue weighted by atomic mass is 16.6. The molecule has 0 atom stereocenters. The molecule has 2 fully saturated rings. The van der Waals surface area contributed by atoms with Crippen molar-refractivity contribution in [3.63, 3.8) is 0 Å². The highest BCUT2D eigenvalue weighted by Crippen LogP contribution is 2.38. The summed E-state index contributed by atoms with van der Waals surface area (Å²) in [7, 11) is 3.45. The molecule has 2 aliphatic carbocycles. The van der Waals surface area contributed by atoms with Crippen LogP contribution in [-0.2, 0) is 9.47 Å². The van der Waals surface area contributed by atoms with E-state index in [2.05, 4.69) is 20.8 Å². The third kappa shape index (κ3) is 9.57. The van der Waals surface area contributed by atoms with E-state index in [0.29, 0.717) is 5.41 Å². The van der Waals surface area contributed by atoms with Gasteiger partial charge in [0.15, 0.2) is 0 Å². The second-order valence-corrected chi connectivity index (χ2v) is 9.93. The molecular formula is C24H46N2O4. The van der Waals surface area contributed by atoms with Gasteiger partial charge in [-0.15, -0.1) is 0 Å². The molecule has 0 bridgehead atoms. The minimum atomic E-state index is -0.209. The van der Waals surface area contributed by atoms with Gasteiger partial charge < -0.3 is 19.3 Å². The number of hydrogen-bond donors (Lipinski definition) is 0. The zero-order valence-electron chi connectivity index (χ0n) is 20.5. The lowest BCUT2D eigenvalue weighted by Gasteiger charge is -2.36. The first-order valence-electron chi connectivity index (χ1n) is 11.9. The van der Waals surface area contributed by atoms with E-state index in [1.165, 1.54) is 37.0 Å². The van der Waals surface area contributed by atoms with Gasteiger partial charge in [-0.05, 0) is 76.5 Å². The molecule has 0 saturated heterocycles. The fraction of sp³-hybridized carbons (Fsp3) is 0.917. The molecule has 0 aliphatic heterocycles. The Bertz CT molecular complexity index is 498. The van der Waals surface area contributed by atoms with E-state index >= 15 is 0 Å². The summed E-state index contributed by atoms with van der Waals surface area (Å²) in [6.45, 7) is 12.3. The molecule has 0 aromatic heterocycles. The lowest BCUT2D eigenvalue weighted by molar-refractivity contribution is 0.0319. The fourth-order valence-corrected chi connectivity index (χ4v) is 4.18. The Kier molecular flexibility index (Phi) is 11.6. The van der Waals surface area contributed by atoms with Crippen molar-refractivity contribution in [2.45, 2.75) is 105 Å². The summed E-state index contributed by atoms with van der Waals surface area (Å²) in [6.07, 6.45) is 10.1. The van der Waals surface area contributed by atoms with Crippen LogP contribution in [0.4, 0.5) is 9.59 Å². The summed E-state index contributed by atoms with van der Waals surface area (Å²) >= 11 is 0. The lowest BCUT2D eigenvalue weighted by Crippen LogP contribution is -2.34. The second-order valence-electron chi connectivity index (χ2n) is 9.93. The number of rotatable bonds is 4. The van der Waals surface area contributed by atoms with Crippen LogP contribution in [0, 0.1) is 11.3 Å². The van der Waals surface area contributed by atoms with Gasteiger partial charge in [0.25, 0.3) is 0 Å². The maximum absolute atomic E-state index is 11.6. The Labute approximate surface area is 184 Å². The predicted molar refractivity (Wildman–Crippen MR) is 122 cm³/mol. The van der Waals surface area contributed by atoms with E-state index in [4.69, 9.17) is 9.47 Å². The molecule has 2 aliphatic rings. The monoisotopic (exact) mass is 426 g/mol. The van der Waals surface area contributed by atoms with E-state index < -0.39 is 0 Å². The van der Waals surface area contributed by atoms with Gasteiger partial charge >= 0.3 is 12.2 Å². The Balaban J connectivity index is 0.000000303. The average Bonchev–Trinajstić information content (AvgIpc) is 2.70. The summed E-state index contributed by atoms with van der Waals surface area (Å²) in [5.74, 6) is 0.766. The molecule has 2 amide bonds. The van der Waals surface area contributed by atoms with Crippen LogP contribution in [0.2, 0.25) is 0 Å². The van der Waals surface area contributed by atoms with Gasteiger partial charge in [0.1, 0.15) is 12.2 Å². The third-order valence-corrected chi connectivity index (χ3v) is 6.37. The Morgan fingerprint density at radius 1 is 0.767 bits per heavy atom. The van der Waals surface area contributed by atoms with Gasteiger partial charge in [-0.3, -0.25) is 0 Å². The highest BCUT2D eigenvalue weighted by molar-refractivity contribution is 5.67. The topological polar surface area (TPSA) is 59.1 Å². The van der Waals surface area contributed by atoms with Crippen molar-refractivity contribution in [3.8, 4) is 0 Å². The number of nitrogens with zero attached hydrogens (tertiary/aromatic N) is 2. The molecule has 2 rings (SSSR count). The first kappa shape index (κ1) is 26.6. The zero-order chi connectivity index (χ0) is 22.7. The lowest BCUT2D eigenvalue weighted by atomic mass is 9.72. The van der Waals surface area contributed by atoms with Gasteiger partial charge in [-0.2, -0.15) is 0 Å². The largest absolute Gasteiger partial charge is 0.446 e. The maximum atomic E-state index is 11.6. The van der Waals surface area contributed by atoms with Crippen LogP contribution in [-0.4, -0.2) is 61.4 Å². The number of hydrogen-bond acceptors (Lipinski definition) is 4. The van der Waals surface area contributed by atoms with Gasteiger partial charge in [0.2, 0.25) is 0 Å². The second kappa shape index (κ2) is 13.1. The van der Waals surface area contributed by atoms with Crippen molar-refractivity contribution in [2.75, 3.05) is 27.2 Å². The minimum absolute atomic E-state index is 0.133. The molecule has 0 aromatic rings. The molecule has 0 aromatic carbocycles. The third-order valence-electron chi connectivity index (χ3n) is 6.37. The Morgan fingerprint density at radius 3 is 1.67 bits per heavy atom. The van der Waals surface area contributed by atoms with Crippen LogP contribution in [0.15, 0.2) is 0 Å². The van der Waals surface area contributed by atoms with E-state index in [9.17, 15) is 9.59 Å². The van der Waals surface area contributed by atoms with E-state index in [0.717, 1.165) is 44.7 Å².